The van der Waals surface area contributed by atoms with Crippen LogP contribution in [-0.2, 0) is 23.9 Å². The largest absolute Gasteiger partial charge is 0.442 e. The van der Waals surface area contributed by atoms with Crippen LogP contribution >= 0.6 is 0 Å². The van der Waals surface area contributed by atoms with Gasteiger partial charge in [0.25, 0.3) is 17.7 Å². The van der Waals surface area contributed by atoms with Gasteiger partial charge in [-0.05, 0) is 45.0 Å². The summed E-state index contributed by atoms with van der Waals surface area (Å²) < 4.78 is 5.12. The lowest BCUT2D eigenvalue weighted by atomic mass is 10.1. The van der Waals surface area contributed by atoms with Crippen LogP contribution in [0.4, 0.5) is 10.5 Å². The third kappa shape index (κ3) is 4.77. The standard InChI is InChI=1S/C20H21N3O7/c1-12(24)22(23(13(2)25)19(29)30-20(3,4)5)18(28)14-6-8-15(9-7-14)21-16(26)10-11-17(21)27/h6-11H,1-5H3. The van der Waals surface area contributed by atoms with Gasteiger partial charge in [0.15, 0.2) is 0 Å². The highest BCUT2D eigenvalue weighted by atomic mass is 16.6. The quantitative estimate of drug-likeness (QED) is 0.533. The van der Waals surface area contributed by atoms with Crippen molar-refractivity contribution in [2.24, 2.45) is 0 Å². The Morgan fingerprint density at radius 3 is 1.70 bits per heavy atom. The van der Waals surface area contributed by atoms with Crippen molar-refractivity contribution in [1.29, 1.82) is 0 Å². The molecule has 1 aliphatic heterocycles. The van der Waals surface area contributed by atoms with Crippen LogP contribution in [0.5, 0.6) is 0 Å². The predicted octanol–water partition coefficient (Wildman–Crippen LogP) is 1.80. The molecule has 10 nitrogen and oxygen atoms in total. The van der Waals surface area contributed by atoms with Gasteiger partial charge in [-0.2, -0.15) is 5.01 Å². The highest BCUT2D eigenvalue weighted by Crippen LogP contribution is 2.21. The van der Waals surface area contributed by atoms with Crippen LogP contribution in [0, 0.1) is 0 Å². The van der Waals surface area contributed by atoms with E-state index in [-0.39, 0.29) is 11.3 Å². The van der Waals surface area contributed by atoms with E-state index in [1.165, 1.54) is 24.3 Å². The second-order valence-corrected chi connectivity index (χ2v) is 7.34. The number of ether oxygens (including phenoxy) is 1. The van der Waals surface area contributed by atoms with E-state index < -0.39 is 41.2 Å². The summed E-state index contributed by atoms with van der Waals surface area (Å²) in [6, 6.07) is 5.19. The Morgan fingerprint density at radius 1 is 0.833 bits per heavy atom. The number of amides is 6. The first kappa shape index (κ1) is 22.5. The molecule has 1 aromatic carbocycles. The van der Waals surface area contributed by atoms with E-state index in [0.29, 0.717) is 10.0 Å². The van der Waals surface area contributed by atoms with Crippen LogP contribution < -0.4 is 4.90 Å². The van der Waals surface area contributed by atoms with Gasteiger partial charge in [-0.3, -0.25) is 24.0 Å². The normalized spacial score (nSPS) is 13.3. The zero-order valence-corrected chi connectivity index (χ0v) is 17.2. The zero-order chi connectivity index (χ0) is 22.8. The summed E-state index contributed by atoms with van der Waals surface area (Å²) in [5.74, 6) is -3.82. The van der Waals surface area contributed by atoms with Crippen molar-refractivity contribution in [1.82, 2.24) is 10.0 Å². The Hall–Kier alpha value is -3.82. The number of hydrogen-bond acceptors (Lipinski definition) is 7. The molecule has 1 heterocycles. The van der Waals surface area contributed by atoms with E-state index in [0.717, 1.165) is 30.9 Å². The first-order chi connectivity index (χ1) is 13.8. The summed E-state index contributed by atoms with van der Waals surface area (Å²) in [4.78, 5) is 73.9. The number of imide groups is 3. The monoisotopic (exact) mass is 415 g/mol. The molecule has 0 spiro atoms. The molecule has 0 aliphatic carbocycles. The molecule has 0 radical (unpaired) electrons. The summed E-state index contributed by atoms with van der Waals surface area (Å²) in [7, 11) is 0. The maximum Gasteiger partial charge on any atom is 0.437 e. The Balaban J connectivity index is 2.35. The van der Waals surface area contributed by atoms with Crippen molar-refractivity contribution in [3.8, 4) is 0 Å². The molecule has 10 heteroatoms. The van der Waals surface area contributed by atoms with Crippen LogP contribution in [0.2, 0.25) is 0 Å². The molecule has 6 amide bonds. The lowest BCUT2D eigenvalue weighted by molar-refractivity contribution is -0.153. The van der Waals surface area contributed by atoms with Crippen molar-refractivity contribution in [2.75, 3.05) is 4.90 Å². The van der Waals surface area contributed by atoms with Crippen LogP contribution in [0.1, 0.15) is 45.0 Å². The van der Waals surface area contributed by atoms with Crippen molar-refractivity contribution in [2.45, 2.75) is 40.2 Å². The average Bonchev–Trinajstić information content (AvgIpc) is 2.95. The van der Waals surface area contributed by atoms with Gasteiger partial charge in [-0.15, -0.1) is 5.01 Å². The van der Waals surface area contributed by atoms with Gasteiger partial charge in [0.2, 0.25) is 11.8 Å². The summed E-state index contributed by atoms with van der Waals surface area (Å²) in [6.45, 7) is 6.72. The van der Waals surface area contributed by atoms with E-state index >= 15 is 0 Å². The Morgan fingerprint density at radius 2 is 1.30 bits per heavy atom. The molecule has 0 fully saturated rings. The molecule has 30 heavy (non-hydrogen) atoms. The minimum Gasteiger partial charge on any atom is -0.442 e. The Kier molecular flexibility index (Phi) is 6.20. The van der Waals surface area contributed by atoms with Crippen LogP contribution in [0.15, 0.2) is 36.4 Å². The van der Waals surface area contributed by atoms with Gasteiger partial charge >= 0.3 is 6.09 Å². The first-order valence-electron chi connectivity index (χ1n) is 8.88. The second-order valence-electron chi connectivity index (χ2n) is 7.34. The topological polar surface area (TPSA) is 121 Å². The zero-order valence-electron chi connectivity index (χ0n) is 17.2. The summed E-state index contributed by atoms with van der Waals surface area (Å²) >= 11 is 0. The maximum absolute atomic E-state index is 12.9. The number of rotatable bonds is 2. The highest BCUT2D eigenvalue weighted by molar-refractivity contribution is 6.28. The van der Waals surface area contributed by atoms with E-state index in [2.05, 4.69) is 0 Å². The molecular weight excluding hydrogens is 394 g/mol. The van der Waals surface area contributed by atoms with Gasteiger partial charge in [0.05, 0.1) is 5.69 Å². The third-order valence-corrected chi connectivity index (χ3v) is 3.74. The number of hydrogen-bond donors (Lipinski definition) is 0. The summed E-state index contributed by atoms with van der Waals surface area (Å²) in [5, 5.41) is 0.695. The summed E-state index contributed by atoms with van der Waals surface area (Å²) in [6.07, 6.45) is 1.05. The maximum atomic E-state index is 12.9. The second kappa shape index (κ2) is 8.27. The van der Waals surface area contributed by atoms with Crippen molar-refractivity contribution < 1.29 is 33.5 Å². The molecule has 0 bridgehead atoms. The van der Waals surface area contributed by atoms with Gasteiger partial charge in [-0.25, -0.2) is 9.69 Å². The van der Waals surface area contributed by atoms with Crippen LogP contribution in [0.3, 0.4) is 0 Å². The number of hydrazine groups is 1. The average molecular weight is 415 g/mol. The van der Waals surface area contributed by atoms with Crippen molar-refractivity contribution >= 4 is 41.3 Å². The van der Waals surface area contributed by atoms with E-state index in [4.69, 9.17) is 4.74 Å². The van der Waals surface area contributed by atoms with Gasteiger partial charge in [0.1, 0.15) is 5.60 Å². The Bertz CT molecular complexity index is 940. The van der Waals surface area contributed by atoms with Crippen molar-refractivity contribution in [3.05, 3.63) is 42.0 Å². The van der Waals surface area contributed by atoms with E-state index in [9.17, 15) is 28.8 Å². The lowest BCUT2D eigenvalue weighted by Gasteiger charge is -2.31. The molecule has 0 saturated heterocycles. The van der Waals surface area contributed by atoms with Crippen LogP contribution in [0.25, 0.3) is 0 Å². The first-order valence-corrected chi connectivity index (χ1v) is 8.88. The van der Waals surface area contributed by atoms with Gasteiger partial charge in [0, 0.05) is 31.6 Å². The molecular formula is C20H21N3O7. The fourth-order valence-electron chi connectivity index (χ4n) is 2.56. The number of carbonyl (C=O) groups excluding carboxylic acids is 6. The molecule has 1 aliphatic rings. The predicted molar refractivity (Wildman–Crippen MR) is 104 cm³/mol. The fraction of sp³-hybridized carbons (Fsp3) is 0.300. The molecule has 0 N–H and O–H groups in total. The van der Waals surface area contributed by atoms with Crippen LogP contribution in [-0.4, -0.2) is 51.2 Å². The molecule has 2 rings (SSSR count). The van der Waals surface area contributed by atoms with Crippen molar-refractivity contribution in [3.63, 3.8) is 0 Å². The van der Waals surface area contributed by atoms with Gasteiger partial charge in [-0.1, -0.05) is 0 Å². The smallest absolute Gasteiger partial charge is 0.437 e. The SMILES string of the molecule is CC(=O)N(C(=O)OC(C)(C)C)N(C(C)=O)C(=O)c1ccc(N2C(=O)C=CC2=O)cc1. The molecule has 0 unspecified atom stereocenters. The minimum absolute atomic E-state index is 0.0594. The number of benzene rings is 1. The minimum atomic E-state index is -1.19. The molecule has 0 aromatic heterocycles. The van der Waals surface area contributed by atoms with E-state index in [1.54, 1.807) is 20.8 Å². The van der Waals surface area contributed by atoms with E-state index in [1.807, 2.05) is 0 Å². The fourth-order valence-corrected chi connectivity index (χ4v) is 2.56. The number of carbonyl (C=O) groups is 6. The number of nitrogens with zero attached hydrogens (tertiary/aromatic N) is 3. The lowest BCUT2D eigenvalue weighted by Crippen LogP contribution is -2.55. The molecule has 1 aromatic rings. The molecule has 0 atom stereocenters. The molecule has 158 valence electrons. The molecule has 0 saturated carbocycles. The third-order valence-electron chi connectivity index (χ3n) is 3.74. The summed E-state index contributed by atoms with van der Waals surface area (Å²) in [5.41, 5.74) is -0.812. The van der Waals surface area contributed by atoms with Gasteiger partial charge < -0.3 is 4.74 Å². The number of anilines is 1. The highest BCUT2D eigenvalue weighted by Gasteiger charge is 2.36. The Labute approximate surface area is 172 Å².